The minimum atomic E-state index is -0.135. The van der Waals surface area contributed by atoms with E-state index in [9.17, 15) is 4.79 Å². The van der Waals surface area contributed by atoms with Gasteiger partial charge in [0, 0.05) is 0 Å². The first-order valence-corrected chi connectivity index (χ1v) is 9.38. The highest BCUT2D eigenvalue weighted by Crippen LogP contribution is 2.30. The van der Waals surface area contributed by atoms with Crippen molar-refractivity contribution in [2.24, 2.45) is 0 Å². The summed E-state index contributed by atoms with van der Waals surface area (Å²) in [4.78, 5) is 24.1. The molecule has 0 fully saturated rings. The predicted molar refractivity (Wildman–Crippen MR) is 108 cm³/mol. The van der Waals surface area contributed by atoms with Gasteiger partial charge in [0.25, 0.3) is 5.56 Å². The number of rotatable bonds is 5. The number of aromatic amines is 2. The summed E-state index contributed by atoms with van der Waals surface area (Å²) in [5.74, 6) is 1.28. The van der Waals surface area contributed by atoms with E-state index in [0.29, 0.717) is 27.7 Å². The van der Waals surface area contributed by atoms with Crippen molar-refractivity contribution < 1.29 is 0 Å². The highest BCUT2D eigenvalue weighted by Gasteiger charge is 2.14. The average molecular weight is 375 g/mol. The van der Waals surface area contributed by atoms with Gasteiger partial charge in [-0.15, -0.1) is 5.10 Å². The second kappa shape index (κ2) is 7.59. The summed E-state index contributed by atoms with van der Waals surface area (Å²) in [6.07, 6.45) is 3.86. The highest BCUT2D eigenvalue weighted by molar-refractivity contribution is 7.99. The SMILES string of the molecule is CC(Sc1n[nH]c(C=Cc2ccccc2)n1)c1nc2ccccc2c(=O)[nH]1. The lowest BCUT2D eigenvalue weighted by Gasteiger charge is -2.08. The fourth-order valence-corrected chi connectivity index (χ4v) is 3.42. The fraction of sp³-hybridized carbons (Fsp3) is 0.100. The second-order valence-electron chi connectivity index (χ2n) is 5.98. The number of benzene rings is 2. The van der Waals surface area contributed by atoms with Crippen LogP contribution in [-0.4, -0.2) is 25.1 Å². The molecule has 0 radical (unpaired) electrons. The maximum atomic E-state index is 12.2. The zero-order valence-corrected chi connectivity index (χ0v) is 15.4. The van der Waals surface area contributed by atoms with Crippen LogP contribution in [0.3, 0.4) is 0 Å². The molecule has 1 atom stereocenters. The third-order valence-corrected chi connectivity index (χ3v) is 4.98. The van der Waals surface area contributed by atoms with Gasteiger partial charge < -0.3 is 4.98 Å². The monoisotopic (exact) mass is 375 g/mol. The largest absolute Gasteiger partial charge is 0.309 e. The third-order valence-electron chi connectivity index (χ3n) is 4.01. The summed E-state index contributed by atoms with van der Waals surface area (Å²) in [7, 11) is 0. The molecule has 0 spiro atoms. The van der Waals surface area contributed by atoms with Crippen molar-refractivity contribution in [3.63, 3.8) is 0 Å². The Bertz CT molecular complexity index is 1150. The number of thioether (sulfide) groups is 1. The molecule has 0 amide bonds. The molecule has 0 aliphatic heterocycles. The van der Waals surface area contributed by atoms with Crippen LogP contribution >= 0.6 is 11.8 Å². The van der Waals surface area contributed by atoms with Gasteiger partial charge in [-0.3, -0.25) is 9.89 Å². The number of nitrogens with one attached hydrogen (secondary N) is 2. The number of aromatic nitrogens is 5. The molecule has 0 saturated heterocycles. The maximum Gasteiger partial charge on any atom is 0.258 e. The molecule has 0 bridgehead atoms. The van der Waals surface area contributed by atoms with Gasteiger partial charge in [0.15, 0.2) is 0 Å². The normalized spacial score (nSPS) is 12.6. The van der Waals surface area contributed by atoms with E-state index >= 15 is 0 Å². The topological polar surface area (TPSA) is 87.3 Å². The Morgan fingerprint density at radius 3 is 2.63 bits per heavy atom. The van der Waals surface area contributed by atoms with Crippen LogP contribution in [0.1, 0.15) is 29.4 Å². The number of hydrogen-bond donors (Lipinski definition) is 2. The lowest BCUT2D eigenvalue weighted by atomic mass is 10.2. The van der Waals surface area contributed by atoms with Crippen molar-refractivity contribution in [1.29, 1.82) is 0 Å². The molecule has 4 rings (SSSR count). The number of hydrogen-bond acceptors (Lipinski definition) is 5. The van der Waals surface area contributed by atoms with Gasteiger partial charge in [-0.25, -0.2) is 9.97 Å². The first kappa shape index (κ1) is 17.2. The lowest BCUT2D eigenvalue weighted by Crippen LogP contribution is -2.12. The van der Waals surface area contributed by atoms with E-state index in [4.69, 9.17) is 0 Å². The summed E-state index contributed by atoms with van der Waals surface area (Å²) in [6.45, 7) is 1.97. The highest BCUT2D eigenvalue weighted by atomic mass is 32.2. The minimum absolute atomic E-state index is 0.0935. The third kappa shape index (κ3) is 3.98. The van der Waals surface area contributed by atoms with Crippen molar-refractivity contribution in [3.05, 3.63) is 82.2 Å². The smallest absolute Gasteiger partial charge is 0.258 e. The maximum absolute atomic E-state index is 12.2. The van der Waals surface area contributed by atoms with Crippen molar-refractivity contribution in [2.75, 3.05) is 0 Å². The van der Waals surface area contributed by atoms with Gasteiger partial charge in [0.05, 0.1) is 16.2 Å². The van der Waals surface area contributed by atoms with E-state index < -0.39 is 0 Å². The molecule has 0 aliphatic carbocycles. The van der Waals surface area contributed by atoms with Crippen molar-refractivity contribution in [1.82, 2.24) is 25.1 Å². The molecule has 0 saturated carbocycles. The summed E-state index contributed by atoms with van der Waals surface area (Å²) >= 11 is 1.44. The molecule has 1 unspecified atom stereocenters. The van der Waals surface area contributed by atoms with Crippen LogP contribution in [-0.2, 0) is 0 Å². The van der Waals surface area contributed by atoms with Crippen LogP contribution in [0, 0.1) is 0 Å². The molecule has 2 heterocycles. The Morgan fingerprint density at radius 2 is 1.78 bits per heavy atom. The molecular formula is C20H17N5OS. The molecule has 4 aromatic rings. The van der Waals surface area contributed by atoms with E-state index in [1.54, 1.807) is 6.07 Å². The first-order chi connectivity index (χ1) is 13.2. The van der Waals surface area contributed by atoms with Gasteiger partial charge in [0.2, 0.25) is 5.16 Å². The Hall–Kier alpha value is -3.19. The van der Waals surface area contributed by atoms with Crippen LogP contribution in [0.15, 0.2) is 64.5 Å². The van der Waals surface area contributed by atoms with Gasteiger partial charge in [-0.05, 0) is 30.7 Å². The quantitative estimate of drug-likeness (QED) is 0.514. The van der Waals surface area contributed by atoms with E-state index in [0.717, 1.165) is 5.56 Å². The van der Waals surface area contributed by atoms with E-state index in [2.05, 4.69) is 25.1 Å². The Kier molecular flexibility index (Phi) is 4.84. The second-order valence-corrected chi connectivity index (χ2v) is 7.28. The lowest BCUT2D eigenvalue weighted by molar-refractivity contribution is 0.904. The molecule has 7 heteroatoms. The van der Waals surface area contributed by atoms with Crippen LogP contribution < -0.4 is 5.56 Å². The molecular weight excluding hydrogens is 358 g/mol. The molecule has 6 nitrogen and oxygen atoms in total. The zero-order chi connectivity index (χ0) is 18.6. The summed E-state index contributed by atoms with van der Waals surface area (Å²) in [5, 5.41) is 8.24. The Balaban J connectivity index is 1.50. The predicted octanol–water partition coefficient (Wildman–Crippen LogP) is 4.06. The summed E-state index contributed by atoms with van der Waals surface area (Å²) in [6, 6.07) is 17.3. The Morgan fingerprint density at radius 1 is 1.00 bits per heavy atom. The molecule has 2 aromatic carbocycles. The van der Waals surface area contributed by atoms with E-state index in [1.165, 1.54) is 11.8 Å². The number of para-hydroxylation sites is 1. The number of H-pyrrole nitrogens is 2. The van der Waals surface area contributed by atoms with Crippen LogP contribution in [0.25, 0.3) is 23.1 Å². The minimum Gasteiger partial charge on any atom is -0.309 e. The number of nitrogens with zero attached hydrogens (tertiary/aromatic N) is 3. The van der Waals surface area contributed by atoms with Gasteiger partial charge in [0.1, 0.15) is 11.6 Å². The van der Waals surface area contributed by atoms with E-state index in [-0.39, 0.29) is 10.8 Å². The van der Waals surface area contributed by atoms with Crippen LogP contribution in [0.2, 0.25) is 0 Å². The summed E-state index contributed by atoms with van der Waals surface area (Å²) in [5.41, 5.74) is 1.64. The fourth-order valence-electron chi connectivity index (χ4n) is 2.64. The average Bonchev–Trinajstić information content (AvgIpc) is 3.14. The van der Waals surface area contributed by atoms with Crippen LogP contribution in [0.4, 0.5) is 0 Å². The van der Waals surface area contributed by atoms with Crippen molar-refractivity contribution in [3.8, 4) is 0 Å². The zero-order valence-electron chi connectivity index (χ0n) is 14.6. The molecule has 27 heavy (non-hydrogen) atoms. The molecule has 134 valence electrons. The van der Waals surface area contributed by atoms with Crippen LogP contribution in [0.5, 0.6) is 0 Å². The van der Waals surface area contributed by atoms with Gasteiger partial charge in [-0.1, -0.05) is 60.3 Å². The van der Waals surface area contributed by atoms with Crippen molar-refractivity contribution >= 4 is 34.8 Å². The molecule has 2 aromatic heterocycles. The van der Waals surface area contributed by atoms with Gasteiger partial charge >= 0.3 is 0 Å². The molecule has 2 N–H and O–H groups in total. The summed E-state index contributed by atoms with van der Waals surface area (Å²) < 4.78 is 0. The van der Waals surface area contributed by atoms with E-state index in [1.807, 2.05) is 67.6 Å². The molecule has 0 aliphatic rings. The van der Waals surface area contributed by atoms with Gasteiger partial charge in [-0.2, -0.15) is 0 Å². The Labute approximate surface area is 159 Å². The number of fused-ring (bicyclic) bond motifs is 1. The first-order valence-electron chi connectivity index (χ1n) is 8.50. The van der Waals surface area contributed by atoms with Crippen molar-refractivity contribution in [2.45, 2.75) is 17.3 Å². The standard InChI is InChI=1S/C20H17N5OS/c1-13(18-21-16-10-6-5-9-15(16)19(26)23-18)27-20-22-17(24-25-20)12-11-14-7-3-2-4-8-14/h2-13H,1H3,(H,21,23,26)(H,22,24,25).